The predicted octanol–water partition coefficient (Wildman–Crippen LogP) is 2.63. The number of hydrogen-bond donors (Lipinski definition) is 1. The number of para-hydroxylation sites is 1. The predicted molar refractivity (Wildman–Crippen MR) is 69.4 cm³/mol. The van der Waals surface area contributed by atoms with Crippen LogP contribution in [0.5, 0.6) is 5.75 Å². The first-order chi connectivity index (χ1) is 9.16. The molecule has 0 bridgehead atoms. The molecule has 1 atom stereocenters. The SMILES string of the molecule is C[C@@H](Oc1ccccc1F)C(=O)Nc1cccnc1. The van der Waals surface area contributed by atoms with E-state index in [1.54, 1.807) is 37.4 Å². The van der Waals surface area contributed by atoms with Crippen molar-refractivity contribution in [2.24, 2.45) is 0 Å². The van der Waals surface area contributed by atoms with Gasteiger partial charge in [0.25, 0.3) is 5.91 Å². The molecule has 1 aromatic heterocycles. The summed E-state index contributed by atoms with van der Waals surface area (Å²) >= 11 is 0. The van der Waals surface area contributed by atoms with Gasteiger partial charge in [0.2, 0.25) is 0 Å². The minimum atomic E-state index is -0.808. The van der Waals surface area contributed by atoms with Crippen LogP contribution < -0.4 is 10.1 Å². The third kappa shape index (κ3) is 3.51. The molecule has 0 aliphatic heterocycles. The number of carbonyl (C=O) groups excluding carboxylic acids is 1. The molecule has 98 valence electrons. The minimum Gasteiger partial charge on any atom is -0.478 e. The Morgan fingerprint density at radius 3 is 2.79 bits per heavy atom. The van der Waals surface area contributed by atoms with Crippen LogP contribution in [0.4, 0.5) is 10.1 Å². The van der Waals surface area contributed by atoms with Gasteiger partial charge in [0.1, 0.15) is 0 Å². The molecular formula is C14H13FN2O2. The van der Waals surface area contributed by atoms with Gasteiger partial charge in [0.05, 0.1) is 11.9 Å². The van der Waals surface area contributed by atoms with Crippen molar-refractivity contribution in [3.63, 3.8) is 0 Å². The molecule has 0 unspecified atom stereocenters. The van der Waals surface area contributed by atoms with E-state index in [1.165, 1.54) is 18.3 Å². The van der Waals surface area contributed by atoms with Crippen LogP contribution in [0, 0.1) is 5.82 Å². The lowest BCUT2D eigenvalue weighted by atomic mass is 10.3. The fraction of sp³-hybridized carbons (Fsp3) is 0.143. The summed E-state index contributed by atoms with van der Waals surface area (Å²) in [6, 6.07) is 9.37. The second-order valence-corrected chi connectivity index (χ2v) is 3.92. The summed E-state index contributed by atoms with van der Waals surface area (Å²) in [5.41, 5.74) is 0.566. The maximum absolute atomic E-state index is 13.4. The number of hydrogen-bond acceptors (Lipinski definition) is 3. The smallest absolute Gasteiger partial charge is 0.265 e. The fourth-order valence-corrected chi connectivity index (χ4v) is 1.46. The normalized spacial score (nSPS) is 11.7. The average molecular weight is 260 g/mol. The van der Waals surface area contributed by atoms with E-state index < -0.39 is 11.9 Å². The standard InChI is InChI=1S/C14H13FN2O2/c1-10(19-13-7-3-2-6-12(13)15)14(18)17-11-5-4-8-16-9-11/h2-10H,1H3,(H,17,18)/t10-/m1/s1. The number of rotatable bonds is 4. The molecule has 1 amide bonds. The zero-order valence-corrected chi connectivity index (χ0v) is 10.3. The van der Waals surface area contributed by atoms with Gasteiger partial charge in [-0.15, -0.1) is 0 Å². The third-order valence-corrected chi connectivity index (χ3v) is 2.44. The van der Waals surface area contributed by atoms with E-state index in [0.29, 0.717) is 5.69 Å². The zero-order chi connectivity index (χ0) is 13.7. The third-order valence-electron chi connectivity index (χ3n) is 2.44. The highest BCUT2D eigenvalue weighted by molar-refractivity contribution is 5.93. The molecule has 1 heterocycles. The molecule has 1 N–H and O–H groups in total. The van der Waals surface area contributed by atoms with Crippen LogP contribution in [0.15, 0.2) is 48.8 Å². The first-order valence-corrected chi connectivity index (χ1v) is 5.79. The maximum Gasteiger partial charge on any atom is 0.265 e. The van der Waals surface area contributed by atoms with Crippen LogP contribution in [0.1, 0.15) is 6.92 Å². The Morgan fingerprint density at radius 1 is 1.32 bits per heavy atom. The van der Waals surface area contributed by atoms with Gasteiger partial charge in [0, 0.05) is 6.20 Å². The molecule has 0 radical (unpaired) electrons. The molecule has 5 heteroatoms. The maximum atomic E-state index is 13.4. The highest BCUT2D eigenvalue weighted by Gasteiger charge is 2.16. The molecule has 0 spiro atoms. The van der Waals surface area contributed by atoms with Crippen LogP contribution >= 0.6 is 0 Å². The molecule has 0 aliphatic carbocycles. The average Bonchev–Trinajstić information content (AvgIpc) is 2.42. The second kappa shape index (κ2) is 5.95. The van der Waals surface area contributed by atoms with Gasteiger partial charge < -0.3 is 10.1 Å². The quantitative estimate of drug-likeness (QED) is 0.919. The number of amides is 1. The summed E-state index contributed by atoms with van der Waals surface area (Å²) in [5, 5.41) is 2.63. The summed E-state index contributed by atoms with van der Waals surface area (Å²) in [6.45, 7) is 1.55. The Labute approximate surface area is 110 Å². The van der Waals surface area contributed by atoms with Crippen LogP contribution in [0.25, 0.3) is 0 Å². The number of nitrogens with one attached hydrogen (secondary N) is 1. The molecule has 0 saturated heterocycles. The lowest BCUT2D eigenvalue weighted by Gasteiger charge is -2.14. The van der Waals surface area contributed by atoms with Gasteiger partial charge in [-0.3, -0.25) is 9.78 Å². The molecule has 0 aliphatic rings. The molecule has 2 rings (SSSR count). The number of halogens is 1. The fourth-order valence-electron chi connectivity index (χ4n) is 1.46. The largest absolute Gasteiger partial charge is 0.478 e. The Kier molecular flexibility index (Phi) is 4.07. The number of carbonyl (C=O) groups is 1. The van der Waals surface area contributed by atoms with Crippen molar-refractivity contribution in [1.29, 1.82) is 0 Å². The van der Waals surface area contributed by atoms with E-state index in [1.807, 2.05) is 0 Å². The minimum absolute atomic E-state index is 0.0522. The Morgan fingerprint density at radius 2 is 2.11 bits per heavy atom. The molecular weight excluding hydrogens is 247 g/mol. The summed E-state index contributed by atoms with van der Waals surface area (Å²) in [4.78, 5) is 15.7. The van der Waals surface area contributed by atoms with Crippen molar-refractivity contribution in [3.05, 3.63) is 54.6 Å². The summed E-state index contributed by atoms with van der Waals surface area (Å²) < 4.78 is 18.6. The van der Waals surface area contributed by atoms with E-state index in [0.717, 1.165) is 0 Å². The molecule has 4 nitrogen and oxygen atoms in total. The molecule has 2 aromatic rings. The summed E-state index contributed by atoms with van der Waals surface area (Å²) in [7, 11) is 0. The molecule has 19 heavy (non-hydrogen) atoms. The van der Waals surface area contributed by atoms with Crippen molar-refractivity contribution in [2.45, 2.75) is 13.0 Å². The number of pyridine rings is 1. The van der Waals surface area contributed by atoms with Gasteiger partial charge in [-0.05, 0) is 31.2 Å². The molecule has 1 aromatic carbocycles. The van der Waals surface area contributed by atoms with Crippen molar-refractivity contribution in [1.82, 2.24) is 4.98 Å². The summed E-state index contributed by atoms with van der Waals surface area (Å²) in [5.74, 6) is -0.809. The van der Waals surface area contributed by atoms with Crippen LogP contribution in [0.3, 0.4) is 0 Å². The number of aromatic nitrogens is 1. The van der Waals surface area contributed by atoms with E-state index in [-0.39, 0.29) is 11.7 Å². The summed E-state index contributed by atoms with van der Waals surface area (Å²) in [6.07, 6.45) is 2.32. The van der Waals surface area contributed by atoms with Crippen molar-refractivity contribution < 1.29 is 13.9 Å². The Hall–Kier alpha value is -2.43. The van der Waals surface area contributed by atoms with Crippen molar-refractivity contribution in [3.8, 4) is 5.75 Å². The Bertz CT molecular complexity index is 560. The number of benzene rings is 1. The highest BCUT2D eigenvalue weighted by atomic mass is 19.1. The van der Waals surface area contributed by atoms with Gasteiger partial charge in [0.15, 0.2) is 17.7 Å². The van der Waals surface area contributed by atoms with Gasteiger partial charge in [-0.1, -0.05) is 12.1 Å². The first kappa shape index (κ1) is 13.0. The lowest BCUT2D eigenvalue weighted by molar-refractivity contribution is -0.122. The number of anilines is 1. The van der Waals surface area contributed by atoms with Gasteiger partial charge in [-0.2, -0.15) is 0 Å². The lowest BCUT2D eigenvalue weighted by Crippen LogP contribution is -2.30. The topological polar surface area (TPSA) is 51.2 Å². The molecule has 0 fully saturated rings. The second-order valence-electron chi connectivity index (χ2n) is 3.92. The Balaban J connectivity index is 1.98. The van der Waals surface area contributed by atoms with Crippen LogP contribution in [-0.2, 0) is 4.79 Å². The monoisotopic (exact) mass is 260 g/mol. The van der Waals surface area contributed by atoms with E-state index in [2.05, 4.69) is 10.3 Å². The zero-order valence-electron chi connectivity index (χ0n) is 10.3. The number of nitrogens with zero attached hydrogens (tertiary/aromatic N) is 1. The van der Waals surface area contributed by atoms with E-state index in [9.17, 15) is 9.18 Å². The van der Waals surface area contributed by atoms with Crippen molar-refractivity contribution in [2.75, 3.05) is 5.32 Å². The molecule has 0 saturated carbocycles. The van der Waals surface area contributed by atoms with Crippen LogP contribution in [-0.4, -0.2) is 17.0 Å². The van der Waals surface area contributed by atoms with Gasteiger partial charge in [-0.25, -0.2) is 4.39 Å². The highest BCUT2D eigenvalue weighted by Crippen LogP contribution is 2.17. The van der Waals surface area contributed by atoms with E-state index >= 15 is 0 Å². The van der Waals surface area contributed by atoms with E-state index in [4.69, 9.17) is 4.74 Å². The first-order valence-electron chi connectivity index (χ1n) is 5.79. The van der Waals surface area contributed by atoms with Crippen LogP contribution in [0.2, 0.25) is 0 Å². The number of ether oxygens (including phenoxy) is 1. The van der Waals surface area contributed by atoms with Crippen molar-refractivity contribution >= 4 is 11.6 Å². The van der Waals surface area contributed by atoms with Gasteiger partial charge >= 0.3 is 0 Å².